The Hall–Kier alpha value is -2.26. The lowest BCUT2D eigenvalue weighted by Crippen LogP contribution is -2.34. The number of ether oxygens (including phenoxy) is 2. The summed E-state index contributed by atoms with van der Waals surface area (Å²) in [6.07, 6.45) is 0.478. The summed E-state index contributed by atoms with van der Waals surface area (Å²) in [5.74, 6) is 0.927. The number of nitrogens with zero attached hydrogens (tertiary/aromatic N) is 1. The molecule has 2 aliphatic rings. The first kappa shape index (κ1) is 19.1. The molecule has 2 aromatic carbocycles. The summed E-state index contributed by atoms with van der Waals surface area (Å²) in [6, 6.07) is 9.15. The first-order valence-corrected chi connectivity index (χ1v) is 12.0. The van der Waals surface area contributed by atoms with Crippen LogP contribution in [0.3, 0.4) is 0 Å². The zero-order valence-electron chi connectivity index (χ0n) is 15.6. The summed E-state index contributed by atoms with van der Waals surface area (Å²) < 4.78 is 63.5. The number of hydrogen-bond acceptors (Lipinski definition) is 6. The standard InChI is InChI=1S/C19H21NO6S2/c1-13(2)28(23,24)20-8-7-14-11-15(3-5-17(14)20)27(21,22)16-4-6-18-19(12-16)26-10-9-25-18/h3-6,11-13H,7-10H2,1-2H3. The molecular formula is C19H21NO6S2. The lowest BCUT2D eigenvalue weighted by molar-refractivity contribution is 0.171. The van der Waals surface area contributed by atoms with Gasteiger partial charge in [0.1, 0.15) is 13.2 Å². The molecule has 28 heavy (non-hydrogen) atoms. The molecule has 9 heteroatoms. The maximum absolute atomic E-state index is 13.1. The van der Waals surface area contributed by atoms with E-state index in [1.165, 1.54) is 22.5 Å². The normalized spacial score (nSPS) is 16.3. The highest BCUT2D eigenvalue weighted by Crippen LogP contribution is 2.37. The molecule has 0 saturated carbocycles. The minimum absolute atomic E-state index is 0.112. The summed E-state index contributed by atoms with van der Waals surface area (Å²) in [4.78, 5) is 0.244. The van der Waals surface area contributed by atoms with Crippen molar-refractivity contribution >= 4 is 25.5 Å². The number of hydrogen-bond donors (Lipinski definition) is 0. The third kappa shape index (κ3) is 3.02. The van der Waals surface area contributed by atoms with Gasteiger partial charge in [-0.05, 0) is 56.2 Å². The van der Waals surface area contributed by atoms with Crippen molar-refractivity contribution in [2.75, 3.05) is 24.1 Å². The van der Waals surface area contributed by atoms with Crippen LogP contribution < -0.4 is 13.8 Å². The van der Waals surface area contributed by atoms with Gasteiger partial charge in [0.15, 0.2) is 11.5 Å². The van der Waals surface area contributed by atoms with Gasteiger partial charge in [-0.25, -0.2) is 16.8 Å². The molecule has 150 valence electrons. The van der Waals surface area contributed by atoms with Crippen LogP contribution in [0, 0.1) is 0 Å². The van der Waals surface area contributed by atoms with Gasteiger partial charge in [0.25, 0.3) is 0 Å². The lowest BCUT2D eigenvalue weighted by atomic mass is 10.2. The molecule has 0 spiro atoms. The van der Waals surface area contributed by atoms with Crippen LogP contribution in [0.5, 0.6) is 11.5 Å². The first-order chi connectivity index (χ1) is 13.2. The minimum atomic E-state index is -3.77. The Balaban J connectivity index is 1.71. The van der Waals surface area contributed by atoms with Crippen LogP contribution in [0.15, 0.2) is 46.2 Å². The van der Waals surface area contributed by atoms with Crippen molar-refractivity contribution in [3.8, 4) is 11.5 Å². The van der Waals surface area contributed by atoms with Gasteiger partial charge in [-0.15, -0.1) is 0 Å². The van der Waals surface area contributed by atoms with E-state index < -0.39 is 25.1 Å². The molecule has 7 nitrogen and oxygen atoms in total. The van der Waals surface area contributed by atoms with Crippen molar-refractivity contribution in [1.29, 1.82) is 0 Å². The van der Waals surface area contributed by atoms with Gasteiger partial charge in [-0.2, -0.15) is 0 Å². The highest BCUT2D eigenvalue weighted by molar-refractivity contribution is 7.93. The Labute approximate surface area is 164 Å². The van der Waals surface area contributed by atoms with Crippen LogP contribution >= 0.6 is 0 Å². The van der Waals surface area contributed by atoms with Gasteiger partial charge in [-0.1, -0.05) is 0 Å². The van der Waals surface area contributed by atoms with Gasteiger partial charge in [0.05, 0.1) is 20.7 Å². The average Bonchev–Trinajstić information content (AvgIpc) is 3.11. The summed E-state index contributed by atoms with van der Waals surface area (Å²) >= 11 is 0. The number of rotatable bonds is 4. The van der Waals surface area contributed by atoms with Crippen molar-refractivity contribution in [3.05, 3.63) is 42.0 Å². The molecular weight excluding hydrogens is 402 g/mol. The third-order valence-corrected chi connectivity index (χ3v) is 8.88. The van der Waals surface area contributed by atoms with Crippen LogP contribution in [0.2, 0.25) is 0 Å². The lowest BCUT2D eigenvalue weighted by Gasteiger charge is -2.22. The highest BCUT2D eigenvalue weighted by atomic mass is 32.2. The smallest absolute Gasteiger partial charge is 0.237 e. The topological polar surface area (TPSA) is 90.0 Å². The number of fused-ring (bicyclic) bond motifs is 2. The molecule has 0 N–H and O–H groups in total. The van der Waals surface area contributed by atoms with E-state index in [-0.39, 0.29) is 9.79 Å². The molecule has 0 radical (unpaired) electrons. The number of benzene rings is 2. The van der Waals surface area contributed by atoms with E-state index in [1.54, 1.807) is 32.0 Å². The number of sulfonamides is 1. The molecule has 0 saturated heterocycles. The maximum Gasteiger partial charge on any atom is 0.237 e. The first-order valence-electron chi connectivity index (χ1n) is 9.00. The van der Waals surface area contributed by atoms with E-state index in [2.05, 4.69) is 0 Å². The zero-order chi connectivity index (χ0) is 20.1. The Morgan fingerprint density at radius 3 is 2.25 bits per heavy atom. The van der Waals surface area contributed by atoms with Crippen molar-refractivity contribution in [3.63, 3.8) is 0 Å². The fourth-order valence-corrected chi connectivity index (χ4v) is 5.99. The van der Waals surface area contributed by atoms with Gasteiger partial charge in [-0.3, -0.25) is 4.31 Å². The fraction of sp³-hybridized carbons (Fsp3) is 0.368. The van der Waals surface area contributed by atoms with Crippen molar-refractivity contribution in [2.45, 2.75) is 35.3 Å². The fourth-order valence-electron chi connectivity index (χ4n) is 3.36. The van der Waals surface area contributed by atoms with Crippen molar-refractivity contribution < 1.29 is 26.3 Å². The molecule has 0 fully saturated rings. The molecule has 0 unspecified atom stereocenters. The molecule has 0 aromatic heterocycles. The Bertz CT molecular complexity index is 1140. The predicted octanol–water partition coefficient (Wildman–Crippen LogP) is 2.39. The molecule has 2 heterocycles. The monoisotopic (exact) mass is 423 g/mol. The summed E-state index contributed by atoms with van der Waals surface area (Å²) in [5.41, 5.74) is 1.26. The summed E-state index contributed by atoms with van der Waals surface area (Å²) in [5, 5.41) is -0.542. The molecule has 0 amide bonds. The summed E-state index contributed by atoms with van der Waals surface area (Å²) in [7, 11) is -7.21. The SMILES string of the molecule is CC(C)S(=O)(=O)N1CCc2cc(S(=O)(=O)c3ccc4c(c3)OCCO4)ccc21. The minimum Gasteiger partial charge on any atom is -0.486 e. The van der Waals surface area contributed by atoms with E-state index >= 15 is 0 Å². The summed E-state index contributed by atoms with van der Waals surface area (Å²) in [6.45, 7) is 4.39. The molecule has 2 aliphatic heterocycles. The number of anilines is 1. The second kappa shape index (κ2) is 6.66. The van der Waals surface area contributed by atoms with Crippen LogP contribution in [0.4, 0.5) is 5.69 Å². The van der Waals surface area contributed by atoms with Crippen LogP contribution in [0.25, 0.3) is 0 Å². The molecule has 0 bridgehead atoms. The quantitative estimate of drug-likeness (QED) is 0.750. The van der Waals surface area contributed by atoms with Gasteiger partial charge in [0, 0.05) is 12.6 Å². The van der Waals surface area contributed by atoms with Gasteiger partial charge >= 0.3 is 0 Å². The Morgan fingerprint density at radius 2 is 1.54 bits per heavy atom. The van der Waals surface area contributed by atoms with Crippen LogP contribution in [-0.2, 0) is 26.3 Å². The van der Waals surface area contributed by atoms with E-state index in [1.807, 2.05) is 0 Å². The van der Waals surface area contributed by atoms with E-state index in [4.69, 9.17) is 9.47 Å². The van der Waals surface area contributed by atoms with Crippen molar-refractivity contribution in [2.24, 2.45) is 0 Å². The third-order valence-electron chi connectivity index (χ3n) is 4.94. The largest absolute Gasteiger partial charge is 0.486 e. The number of sulfone groups is 1. The molecule has 4 rings (SSSR count). The maximum atomic E-state index is 13.1. The zero-order valence-corrected chi connectivity index (χ0v) is 17.2. The van der Waals surface area contributed by atoms with Crippen molar-refractivity contribution in [1.82, 2.24) is 0 Å². The molecule has 2 aromatic rings. The Morgan fingerprint density at radius 1 is 0.893 bits per heavy atom. The van der Waals surface area contributed by atoms with Crippen LogP contribution in [0.1, 0.15) is 19.4 Å². The molecule has 0 aliphatic carbocycles. The highest BCUT2D eigenvalue weighted by Gasteiger charge is 2.33. The second-order valence-electron chi connectivity index (χ2n) is 7.02. The van der Waals surface area contributed by atoms with E-state index in [9.17, 15) is 16.8 Å². The van der Waals surface area contributed by atoms with Gasteiger partial charge in [0.2, 0.25) is 19.9 Å². The van der Waals surface area contributed by atoms with Crippen LogP contribution in [-0.4, -0.2) is 41.8 Å². The van der Waals surface area contributed by atoms with Gasteiger partial charge < -0.3 is 9.47 Å². The predicted molar refractivity (Wildman–Crippen MR) is 104 cm³/mol. The van der Waals surface area contributed by atoms with E-state index in [0.717, 1.165) is 0 Å². The average molecular weight is 424 g/mol. The second-order valence-corrected chi connectivity index (χ2v) is 11.4. The Kier molecular flexibility index (Phi) is 4.54. The molecule has 0 atom stereocenters. The van der Waals surface area contributed by atoms with E-state index in [0.29, 0.717) is 48.9 Å².